The van der Waals surface area contributed by atoms with Gasteiger partial charge in [-0.05, 0) is 0 Å². The molecule has 0 fully saturated rings. The summed E-state index contributed by atoms with van der Waals surface area (Å²) < 4.78 is 5.11. The number of aliphatic hydroxyl groups is 1. The molecule has 1 heterocycles. The normalized spacial score (nSPS) is 9.88. The molecule has 88 valence electrons. The molecule has 1 aromatic rings. The summed E-state index contributed by atoms with van der Waals surface area (Å²) >= 11 is 0. The molecule has 0 bridgehead atoms. The highest BCUT2D eigenvalue weighted by Gasteiger charge is 2.11. The smallest absolute Gasteiger partial charge is 0.278 e. The number of nitro groups is 1. The van der Waals surface area contributed by atoms with E-state index in [0.717, 1.165) is 0 Å². The lowest BCUT2D eigenvalue weighted by atomic mass is 10.4. The summed E-state index contributed by atoms with van der Waals surface area (Å²) in [6, 6.07) is 2.39. The van der Waals surface area contributed by atoms with Crippen LogP contribution in [0.1, 0.15) is 6.42 Å². The molecular weight excluding hydrogens is 216 g/mol. The molecule has 0 aliphatic carbocycles. The van der Waals surface area contributed by atoms with Crippen molar-refractivity contribution in [3.63, 3.8) is 0 Å². The number of nitrogens with one attached hydrogen (secondary N) is 1. The van der Waals surface area contributed by atoms with Gasteiger partial charge in [-0.2, -0.15) is 4.98 Å². The summed E-state index contributed by atoms with van der Waals surface area (Å²) in [5, 5.41) is 19.1. The fraction of sp³-hybridized carbons (Fsp3) is 0.375. The molecule has 0 atom stereocenters. The first-order valence-electron chi connectivity index (χ1n) is 4.54. The van der Waals surface area contributed by atoms with Crippen molar-refractivity contribution in [2.75, 3.05) is 18.6 Å². The molecule has 0 amide bonds. The van der Waals surface area contributed by atoms with Gasteiger partial charge in [0, 0.05) is 13.0 Å². The standard InChI is InChI=1S/C8H12N4O4/c9-11-7-4-6(12(14)15)5-8(10-7)16-3-1-2-13/h4-5,13H,1-3,9H2,(H,10,11). The van der Waals surface area contributed by atoms with E-state index in [1.54, 1.807) is 0 Å². The second kappa shape index (κ2) is 5.83. The highest BCUT2D eigenvalue weighted by molar-refractivity contribution is 5.47. The molecule has 0 aromatic carbocycles. The van der Waals surface area contributed by atoms with Crippen molar-refractivity contribution in [2.24, 2.45) is 5.84 Å². The van der Waals surface area contributed by atoms with Crippen LogP contribution in [-0.4, -0.2) is 28.2 Å². The van der Waals surface area contributed by atoms with Gasteiger partial charge in [-0.15, -0.1) is 0 Å². The van der Waals surface area contributed by atoms with Crippen molar-refractivity contribution in [1.82, 2.24) is 4.98 Å². The number of hydrogen-bond donors (Lipinski definition) is 3. The van der Waals surface area contributed by atoms with E-state index in [4.69, 9.17) is 15.7 Å². The lowest BCUT2D eigenvalue weighted by molar-refractivity contribution is -0.384. The van der Waals surface area contributed by atoms with Crippen molar-refractivity contribution < 1.29 is 14.8 Å². The van der Waals surface area contributed by atoms with E-state index in [9.17, 15) is 10.1 Å². The minimum absolute atomic E-state index is 0.0169. The summed E-state index contributed by atoms with van der Waals surface area (Å²) in [5.74, 6) is 5.35. The number of aromatic nitrogens is 1. The van der Waals surface area contributed by atoms with Gasteiger partial charge in [0.1, 0.15) is 0 Å². The van der Waals surface area contributed by atoms with Crippen LogP contribution in [0.2, 0.25) is 0 Å². The molecule has 0 saturated heterocycles. The van der Waals surface area contributed by atoms with Crippen LogP contribution >= 0.6 is 0 Å². The fourth-order valence-corrected chi connectivity index (χ4v) is 0.986. The third-order valence-electron chi connectivity index (χ3n) is 1.70. The first kappa shape index (κ1) is 12.1. The summed E-state index contributed by atoms with van der Waals surface area (Å²) in [6.45, 7) is 0.214. The Morgan fingerprint density at radius 1 is 1.62 bits per heavy atom. The Hall–Kier alpha value is -1.93. The predicted molar refractivity (Wildman–Crippen MR) is 55.9 cm³/mol. The van der Waals surface area contributed by atoms with Crippen molar-refractivity contribution in [3.8, 4) is 5.88 Å². The maximum Gasteiger partial charge on any atom is 0.278 e. The SMILES string of the molecule is NNc1cc([N+](=O)[O-])cc(OCCCO)n1. The van der Waals surface area contributed by atoms with Crippen LogP contribution in [0.3, 0.4) is 0 Å². The number of nitrogens with two attached hydrogens (primary N) is 1. The Labute approximate surface area is 91.2 Å². The number of aliphatic hydroxyl groups excluding tert-OH is 1. The number of ether oxygens (including phenoxy) is 1. The number of nitrogens with zero attached hydrogens (tertiary/aromatic N) is 2. The minimum atomic E-state index is -0.568. The zero-order valence-electron chi connectivity index (χ0n) is 8.42. The van der Waals surface area contributed by atoms with Crippen LogP contribution in [0.15, 0.2) is 12.1 Å². The van der Waals surface area contributed by atoms with E-state index in [1.807, 2.05) is 0 Å². The highest BCUT2D eigenvalue weighted by atomic mass is 16.6. The molecule has 0 unspecified atom stereocenters. The average Bonchev–Trinajstić information content (AvgIpc) is 2.29. The van der Waals surface area contributed by atoms with E-state index < -0.39 is 4.92 Å². The third-order valence-corrected chi connectivity index (χ3v) is 1.70. The number of hydrogen-bond acceptors (Lipinski definition) is 7. The number of pyridine rings is 1. The zero-order valence-corrected chi connectivity index (χ0v) is 8.42. The summed E-state index contributed by atoms with van der Waals surface area (Å²) in [7, 11) is 0. The number of rotatable bonds is 6. The minimum Gasteiger partial charge on any atom is -0.477 e. The van der Waals surface area contributed by atoms with Crippen molar-refractivity contribution in [1.29, 1.82) is 0 Å². The second-order valence-electron chi connectivity index (χ2n) is 2.88. The van der Waals surface area contributed by atoms with Crippen LogP contribution in [0.5, 0.6) is 5.88 Å². The van der Waals surface area contributed by atoms with Gasteiger partial charge < -0.3 is 15.3 Å². The van der Waals surface area contributed by atoms with Crippen molar-refractivity contribution in [3.05, 3.63) is 22.2 Å². The van der Waals surface area contributed by atoms with Gasteiger partial charge in [0.25, 0.3) is 5.69 Å². The fourth-order valence-electron chi connectivity index (χ4n) is 0.986. The lowest BCUT2D eigenvalue weighted by Gasteiger charge is -2.05. The maximum absolute atomic E-state index is 10.6. The molecule has 1 aromatic heterocycles. The Bertz CT molecular complexity index is 371. The quantitative estimate of drug-likeness (QED) is 0.271. The first-order valence-corrected chi connectivity index (χ1v) is 4.54. The molecule has 0 aliphatic rings. The Balaban J connectivity index is 2.82. The van der Waals surface area contributed by atoms with Gasteiger partial charge in [0.15, 0.2) is 5.82 Å². The molecular formula is C8H12N4O4. The van der Waals surface area contributed by atoms with Crippen molar-refractivity contribution in [2.45, 2.75) is 6.42 Å². The Kier molecular flexibility index (Phi) is 4.42. The summed E-state index contributed by atoms with van der Waals surface area (Å²) in [4.78, 5) is 13.9. The molecule has 8 nitrogen and oxygen atoms in total. The Morgan fingerprint density at radius 3 is 2.94 bits per heavy atom. The van der Waals surface area contributed by atoms with Crippen LogP contribution < -0.4 is 16.0 Å². The molecule has 8 heteroatoms. The maximum atomic E-state index is 10.6. The first-order chi connectivity index (χ1) is 7.67. The summed E-state index contributed by atoms with van der Waals surface area (Å²) in [5.41, 5.74) is 2.04. The van der Waals surface area contributed by atoms with E-state index in [0.29, 0.717) is 6.42 Å². The van der Waals surface area contributed by atoms with Gasteiger partial charge in [0.05, 0.1) is 23.7 Å². The summed E-state index contributed by atoms with van der Waals surface area (Å²) in [6.07, 6.45) is 0.426. The van der Waals surface area contributed by atoms with E-state index >= 15 is 0 Å². The monoisotopic (exact) mass is 228 g/mol. The van der Waals surface area contributed by atoms with Crippen LogP contribution in [0.4, 0.5) is 11.5 Å². The molecule has 0 saturated carbocycles. The van der Waals surface area contributed by atoms with Gasteiger partial charge in [-0.25, -0.2) is 5.84 Å². The number of anilines is 1. The molecule has 4 N–H and O–H groups in total. The molecule has 1 rings (SSSR count). The van der Waals surface area contributed by atoms with Crippen LogP contribution in [-0.2, 0) is 0 Å². The van der Waals surface area contributed by atoms with Gasteiger partial charge in [0.2, 0.25) is 5.88 Å². The largest absolute Gasteiger partial charge is 0.477 e. The van der Waals surface area contributed by atoms with E-state index in [-0.39, 0.29) is 30.6 Å². The van der Waals surface area contributed by atoms with Gasteiger partial charge >= 0.3 is 0 Å². The highest BCUT2D eigenvalue weighted by Crippen LogP contribution is 2.21. The third kappa shape index (κ3) is 3.33. The van der Waals surface area contributed by atoms with E-state index in [2.05, 4.69) is 10.4 Å². The van der Waals surface area contributed by atoms with Crippen LogP contribution in [0, 0.1) is 10.1 Å². The number of hydrazine groups is 1. The van der Waals surface area contributed by atoms with Crippen molar-refractivity contribution >= 4 is 11.5 Å². The molecule has 16 heavy (non-hydrogen) atoms. The van der Waals surface area contributed by atoms with E-state index in [1.165, 1.54) is 12.1 Å². The van der Waals surface area contributed by atoms with Gasteiger partial charge in [-0.3, -0.25) is 10.1 Å². The lowest BCUT2D eigenvalue weighted by Crippen LogP contribution is -2.10. The Morgan fingerprint density at radius 2 is 2.38 bits per heavy atom. The average molecular weight is 228 g/mol. The van der Waals surface area contributed by atoms with Crippen LogP contribution in [0.25, 0.3) is 0 Å². The molecule has 0 aliphatic heterocycles. The molecule has 0 spiro atoms. The predicted octanol–water partition coefficient (Wildman–Crippen LogP) is 0.0366. The number of nitrogen functional groups attached to an aromatic ring is 1. The zero-order chi connectivity index (χ0) is 12.0. The van der Waals surface area contributed by atoms with Gasteiger partial charge in [-0.1, -0.05) is 0 Å². The molecule has 0 radical (unpaired) electrons. The second-order valence-corrected chi connectivity index (χ2v) is 2.88. The topological polar surface area (TPSA) is 124 Å².